The van der Waals surface area contributed by atoms with Gasteiger partial charge < -0.3 is 10.6 Å². The Balaban J connectivity index is 0.00000106. The van der Waals surface area contributed by atoms with Crippen LogP contribution >= 0.6 is 0 Å². The van der Waals surface area contributed by atoms with Crippen molar-refractivity contribution in [3.8, 4) is 0 Å². The van der Waals surface area contributed by atoms with Crippen LogP contribution in [0.5, 0.6) is 0 Å². The van der Waals surface area contributed by atoms with E-state index in [2.05, 4.69) is 10.6 Å². The van der Waals surface area contributed by atoms with Gasteiger partial charge in [-0.3, -0.25) is 9.59 Å². The highest BCUT2D eigenvalue weighted by molar-refractivity contribution is 5.97. The van der Waals surface area contributed by atoms with Crippen LogP contribution in [0.4, 0.5) is 0 Å². The molecule has 0 spiro atoms. The third kappa shape index (κ3) is 3.73. The zero-order chi connectivity index (χ0) is 12.6. The first kappa shape index (κ1) is 14.2. The third-order valence-corrected chi connectivity index (χ3v) is 1.86. The first-order valence-electron chi connectivity index (χ1n) is 5.23. The van der Waals surface area contributed by atoms with Crippen LogP contribution in [0.15, 0.2) is 24.3 Å². The number of hydrogen-bond donors (Lipinski definition) is 2. The van der Waals surface area contributed by atoms with E-state index in [4.69, 9.17) is 0 Å². The minimum atomic E-state index is -0.159. The number of amides is 2. The molecule has 2 amide bonds. The summed E-state index contributed by atoms with van der Waals surface area (Å²) in [6.07, 6.45) is 0. The number of rotatable bonds is 2. The molecule has 0 aliphatic heterocycles. The lowest BCUT2D eigenvalue weighted by molar-refractivity contribution is 0.0951. The fraction of sp³-hybridized carbons (Fsp3) is 0.333. The Kier molecular flexibility index (Phi) is 6.59. The van der Waals surface area contributed by atoms with Gasteiger partial charge in [-0.05, 0) is 24.3 Å². The molecule has 0 heterocycles. The van der Waals surface area contributed by atoms with Crippen molar-refractivity contribution in [3.05, 3.63) is 35.4 Å². The Labute approximate surface area is 96.0 Å². The minimum Gasteiger partial charge on any atom is -0.355 e. The average Bonchev–Trinajstić information content (AvgIpc) is 2.39. The molecule has 2 N–H and O–H groups in total. The van der Waals surface area contributed by atoms with E-state index in [0.717, 1.165) is 0 Å². The van der Waals surface area contributed by atoms with Crippen molar-refractivity contribution in [2.24, 2.45) is 0 Å². The van der Waals surface area contributed by atoms with E-state index >= 15 is 0 Å². The van der Waals surface area contributed by atoms with Crippen molar-refractivity contribution >= 4 is 11.8 Å². The molecule has 0 aliphatic carbocycles. The number of carbonyl (C=O) groups excluding carboxylic acids is 2. The zero-order valence-electron chi connectivity index (χ0n) is 10.1. The first-order valence-corrected chi connectivity index (χ1v) is 5.23. The van der Waals surface area contributed by atoms with Crippen molar-refractivity contribution in [3.63, 3.8) is 0 Å². The van der Waals surface area contributed by atoms with E-state index < -0.39 is 0 Å². The summed E-state index contributed by atoms with van der Waals surface area (Å²) < 4.78 is 0. The molecular formula is C12H18N2O2. The summed E-state index contributed by atoms with van der Waals surface area (Å²) in [4.78, 5) is 22.3. The lowest BCUT2D eigenvalue weighted by atomic mass is 10.1. The topological polar surface area (TPSA) is 58.2 Å². The predicted molar refractivity (Wildman–Crippen MR) is 64.6 cm³/mol. The van der Waals surface area contributed by atoms with E-state index in [1.165, 1.54) is 0 Å². The van der Waals surface area contributed by atoms with Gasteiger partial charge in [-0.15, -0.1) is 0 Å². The molecular weight excluding hydrogens is 204 g/mol. The van der Waals surface area contributed by atoms with Gasteiger partial charge in [-0.2, -0.15) is 0 Å². The number of hydrogen-bond acceptors (Lipinski definition) is 2. The summed E-state index contributed by atoms with van der Waals surface area (Å²) in [5.41, 5.74) is 1.08. The van der Waals surface area contributed by atoms with Gasteiger partial charge in [-0.25, -0.2) is 0 Å². The molecule has 88 valence electrons. The van der Waals surface area contributed by atoms with Crippen LogP contribution in [0.25, 0.3) is 0 Å². The van der Waals surface area contributed by atoms with E-state index in [-0.39, 0.29) is 11.8 Å². The summed E-state index contributed by atoms with van der Waals surface area (Å²) in [7, 11) is 3.13. The smallest absolute Gasteiger partial charge is 0.251 e. The maximum atomic E-state index is 11.2. The standard InChI is InChI=1S/C10H12N2O2.C2H6/c1-11-9(13)7-3-5-8(6-4-7)10(14)12-2;1-2/h3-6H,1-2H3,(H,11,13)(H,12,14);1-2H3. The second-order valence-electron chi connectivity index (χ2n) is 2.74. The fourth-order valence-electron chi connectivity index (χ4n) is 1.06. The lowest BCUT2D eigenvalue weighted by Gasteiger charge is -2.01. The maximum Gasteiger partial charge on any atom is 0.251 e. The second kappa shape index (κ2) is 7.45. The van der Waals surface area contributed by atoms with E-state index in [1.54, 1.807) is 38.4 Å². The Morgan fingerprint density at radius 1 is 0.812 bits per heavy atom. The van der Waals surface area contributed by atoms with Crippen LogP contribution in [0, 0.1) is 0 Å². The molecule has 0 saturated carbocycles. The van der Waals surface area contributed by atoms with Gasteiger partial charge in [0.1, 0.15) is 0 Å². The normalized spacial score (nSPS) is 8.50. The Hall–Kier alpha value is -1.84. The van der Waals surface area contributed by atoms with Crippen LogP contribution < -0.4 is 10.6 Å². The van der Waals surface area contributed by atoms with Crippen molar-refractivity contribution in [2.45, 2.75) is 13.8 Å². The summed E-state index contributed by atoms with van der Waals surface area (Å²) in [5, 5.41) is 5.01. The molecule has 1 aromatic carbocycles. The SMILES string of the molecule is CC.CNC(=O)c1ccc(C(=O)NC)cc1. The highest BCUT2D eigenvalue weighted by Gasteiger charge is 2.05. The van der Waals surface area contributed by atoms with Crippen LogP contribution in [0.1, 0.15) is 34.6 Å². The molecule has 0 unspecified atom stereocenters. The Morgan fingerprint density at radius 3 is 1.25 bits per heavy atom. The Bertz CT molecular complexity index is 310. The first-order chi connectivity index (χ1) is 7.69. The molecule has 4 nitrogen and oxygen atoms in total. The molecule has 16 heavy (non-hydrogen) atoms. The van der Waals surface area contributed by atoms with E-state index in [1.807, 2.05) is 13.8 Å². The second-order valence-corrected chi connectivity index (χ2v) is 2.74. The summed E-state index contributed by atoms with van der Waals surface area (Å²) in [6.45, 7) is 4.00. The van der Waals surface area contributed by atoms with Gasteiger partial charge in [0.15, 0.2) is 0 Å². The fourth-order valence-corrected chi connectivity index (χ4v) is 1.06. The van der Waals surface area contributed by atoms with Crippen LogP contribution in [-0.4, -0.2) is 25.9 Å². The van der Waals surface area contributed by atoms with Crippen LogP contribution in [-0.2, 0) is 0 Å². The molecule has 4 heteroatoms. The van der Waals surface area contributed by atoms with Gasteiger partial charge in [0, 0.05) is 25.2 Å². The molecule has 0 radical (unpaired) electrons. The van der Waals surface area contributed by atoms with Crippen LogP contribution in [0.3, 0.4) is 0 Å². The van der Waals surface area contributed by atoms with Crippen molar-refractivity contribution in [2.75, 3.05) is 14.1 Å². The molecule has 0 fully saturated rings. The summed E-state index contributed by atoms with van der Waals surface area (Å²) in [5.74, 6) is -0.318. The molecule has 1 aromatic rings. The quantitative estimate of drug-likeness (QED) is 0.795. The van der Waals surface area contributed by atoms with E-state index in [0.29, 0.717) is 11.1 Å². The summed E-state index contributed by atoms with van der Waals surface area (Å²) >= 11 is 0. The highest BCUT2D eigenvalue weighted by Crippen LogP contribution is 2.03. The third-order valence-electron chi connectivity index (χ3n) is 1.86. The monoisotopic (exact) mass is 222 g/mol. The predicted octanol–water partition coefficient (Wildman–Crippen LogP) is 1.43. The molecule has 0 atom stereocenters. The van der Waals surface area contributed by atoms with E-state index in [9.17, 15) is 9.59 Å². The van der Waals surface area contributed by atoms with Gasteiger partial charge in [0.25, 0.3) is 11.8 Å². The van der Waals surface area contributed by atoms with Gasteiger partial charge in [0.05, 0.1) is 0 Å². The summed E-state index contributed by atoms with van der Waals surface area (Å²) in [6, 6.07) is 6.46. The molecule has 0 saturated heterocycles. The van der Waals surface area contributed by atoms with Crippen molar-refractivity contribution < 1.29 is 9.59 Å². The van der Waals surface area contributed by atoms with Crippen LogP contribution in [0.2, 0.25) is 0 Å². The molecule has 0 aliphatic rings. The molecule has 0 bridgehead atoms. The minimum absolute atomic E-state index is 0.159. The average molecular weight is 222 g/mol. The van der Waals surface area contributed by atoms with Gasteiger partial charge in [-0.1, -0.05) is 13.8 Å². The van der Waals surface area contributed by atoms with Crippen molar-refractivity contribution in [1.82, 2.24) is 10.6 Å². The molecule has 0 aromatic heterocycles. The molecule has 1 rings (SSSR count). The Morgan fingerprint density at radius 2 is 1.06 bits per heavy atom. The van der Waals surface area contributed by atoms with Gasteiger partial charge >= 0.3 is 0 Å². The largest absolute Gasteiger partial charge is 0.355 e. The zero-order valence-corrected chi connectivity index (χ0v) is 10.1. The van der Waals surface area contributed by atoms with Crippen molar-refractivity contribution in [1.29, 1.82) is 0 Å². The number of nitrogens with one attached hydrogen (secondary N) is 2. The number of benzene rings is 1. The van der Waals surface area contributed by atoms with Gasteiger partial charge in [0.2, 0.25) is 0 Å². The number of carbonyl (C=O) groups is 2. The lowest BCUT2D eigenvalue weighted by Crippen LogP contribution is -2.19. The highest BCUT2D eigenvalue weighted by atomic mass is 16.2. The maximum absolute atomic E-state index is 11.2.